The number of benzene rings is 2. The molecular weight excluding hydrogens is 479 g/mol. The number of furan rings is 1. The van der Waals surface area contributed by atoms with Crippen LogP contribution in [0.5, 0.6) is 0 Å². The fourth-order valence-electron chi connectivity index (χ4n) is 5.83. The van der Waals surface area contributed by atoms with E-state index in [1.54, 1.807) is 0 Å². The first kappa shape index (κ1) is 25.2. The molecule has 39 heavy (non-hydrogen) atoms. The molecule has 5 aromatic rings. The van der Waals surface area contributed by atoms with Gasteiger partial charge in [0, 0.05) is 27.4 Å². The summed E-state index contributed by atoms with van der Waals surface area (Å²) in [4.78, 5) is 6.92. The summed E-state index contributed by atoms with van der Waals surface area (Å²) in [5.41, 5.74) is 10.2. The summed E-state index contributed by atoms with van der Waals surface area (Å²) in [6, 6.07) is 19.6. The van der Waals surface area contributed by atoms with E-state index in [9.17, 15) is 0 Å². The largest absolute Gasteiger partial charge is 0.439 e. The Balaban J connectivity index is 1.57. The topological polar surface area (TPSA) is 38.1 Å². The third-order valence-electron chi connectivity index (χ3n) is 7.92. The quantitative estimate of drug-likeness (QED) is 0.254. The number of pyridine rings is 1. The molecule has 6 rings (SSSR count). The number of hydrogen-bond acceptors (Lipinski definition) is 3. The van der Waals surface area contributed by atoms with E-state index < -0.39 is 0 Å². The number of aryl methyl sites for hydroxylation is 2. The molecule has 0 aliphatic carbocycles. The fraction of sp³-hybridized carbons (Fsp3) is 0.273. The average Bonchev–Trinajstić information content (AvgIpc) is 3.46. The molecule has 0 bridgehead atoms. The van der Waals surface area contributed by atoms with Gasteiger partial charge in [-0.05, 0) is 73.4 Å². The third kappa shape index (κ3) is 4.28. The first-order chi connectivity index (χ1) is 18.7. The van der Waals surface area contributed by atoms with Crippen LogP contribution in [0.1, 0.15) is 56.4 Å². The summed E-state index contributed by atoms with van der Waals surface area (Å²) >= 11 is 0. The van der Waals surface area contributed by atoms with Crippen LogP contribution >= 0.6 is 0 Å². The maximum Gasteiger partial charge on any atom is 0.424 e. The molecule has 196 valence electrons. The maximum absolute atomic E-state index is 6.28. The standard InChI is InChI=1S/C33H36BN4O/c1-21(2)27-17-25(24-11-9-8-10-12-24)18-28(22(3)4)31(27)38-16-15-36(6)33(38)34-19-30-29(20-37(34)7)26-14-13-23(5)35-32(26)39-30/h8-22H,1-7H3/q+1. The molecule has 0 fully saturated rings. The van der Waals surface area contributed by atoms with Crippen LogP contribution in [0, 0.1) is 6.92 Å². The lowest BCUT2D eigenvalue weighted by Gasteiger charge is -2.23. The Morgan fingerprint density at radius 1 is 0.923 bits per heavy atom. The van der Waals surface area contributed by atoms with Gasteiger partial charge in [-0.3, -0.25) is 0 Å². The van der Waals surface area contributed by atoms with E-state index in [1.807, 2.05) is 13.0 Å². The van der Waals surface area contributed by atoms with Crippen LogP contribution in [0.3, 0.4) is 0 Å². The number of rotatable bonds is 5. The first-order valence-electron chi connectivity index (χ1n) is 13.8. The Labute approximate surface area is 230 Å². The van der Waals surface area contributed by atoms with Crippen molar-refractivity contribution in [2.24, 2.45) is 7.05 Å². The van der Waals surface area contributed by atoms with Crippen molar-refractivity contribution in [3.63, 3.8) is 0 Å². The Kier molecular flexibility index (Phi) is 6.21. The van der Waals surface area contributed by atoms with Gasteiger partial charge in [0.25, 0.3) is 0 Å². The Hall–Kier alpha value is -4.06. The van der Waals surface area contributed by atoms with E-state index in [0.29, 0.717) is 17.5 Å². The molecule has 0 radical (unpaired) electrons. The maximum atomic E-state index is 6.28. The molecule has 3 aromatic heterocycles. The molecular formula is C33H36BN4O+. The SMILES string of the molecule is Cc1ccc2c3c(oc2n1)=CB(c1n(-c2c(C(C)C)cc(-c4ccccc4)cc2C(C)C)cc[n+]1C)N(C)C=3. The van der Waals surface area contributed by atoms with Crippen molar-refractivity contribution in [3.05, 3.63) is 94.4 Å². The molecule has 6 heteroatoms. The van der Waals surface area contributed by atoms with Crippen LogP contribution < -0.4 is 20.9 Å². The van der Waals surface area contributed by atoms with Crippen LogP contribution in [-0.4, -0.2) is 28.3 Å². The van der Waals surface area contributed by atoms with Gasteiger partial charge >= 0.3 is 6.85 Å². The van der Waals surface area contributed by atoms with Gasteiger partial charge < -0.3 is 9.23 Å². The number of hydrogen-bond donors (Lipinski definition) is 0. The zero-order valence-corrected chi connectivity index (χ0v) is 23.9. The molecule has 0 saturated carbocycles. The molecule has 2 aromatic carbocycles. The molecule has 4 heterocycles. The van der Waals surface area contributed by atoms with Gasteiger partial charge in [-0.25, -0.2) is 14.1 Å². The highest BCUT2D eigenvalue weighted by atomic mass is 16.3. The third-order valence-corrected chi connectivity index (χ3v) is 7.92. The molecule has 1 aliphatic rings. The summed E-state index contributed by atoms with van der Waals surface area (Å²) in [7, 11) is 4.28. The molecule has 0 spiro atoms. The van der Waals surface area contributed by atoms with Crippen molar-refractivity contribution in [3.8, 4) is 16.8 Å². The van der Waals surface area contributed by atoms with E-state index in [-0.39, 0.29) is 6.85 Å². The van der Waals surface area contributed by atoms with Crippen molar-refractivity contribution < 1.29 is 8.98 Å². The van der Waals surface area contributed by atoms with Crippen molar-refractivity contribution in [2.75, 3.05) is 7.05 Å². The van der Waals surface area contributed by atoms with Gasteiger partial charge in [0.15, 0.2) is 0 Å². The second kappa shape index (κ2) is 9.60. The van der Waals surface area contributed by atoms with Gasteiger partial charge in [-0.15, -0.1) is 0 Å². The van der Waals surface area contributed by atoms with E-state index in [0.717, 1.165) is 21.7 Å². The fourth-order valence-corrected chi connectivity index (χ4v) is 5.83. The minimum atomic E-state index is -0.00650. The molecule has 0 saturated heterocycles. The van der Waals surface area contributed by atoms with Crippen LogP contribution in [0.4, 0.5) is 0 Å². The highest BCUT2D eigenvalue weighted by Gasteiger charge is 2.37. The Morgan fingerprint density at radius 3 is 2.28 bits per heavy atom. The van der Waals surface area contributed by atoms with Crippen molar-refractivity contribution in [2.45, 2.75) is 46.5 Å². The van der Waals surface area contributed by atoms with Crippen molar-refractivity contribution >= 4 is 35.8 Å². The summed E-state index contributed by atoms with van der Waals surface area (Å²) in [6.07, 6.45) is 6.58. The lowest BCUT2D eigenvalue weighted by atomic mass is 9.58. The van der Waals surface area contributed by atoms with E-state index in [4.69, 9.17) is 4.42 Å². The number of fused-ring (bicyclic) bond motifs is 3. The van der Waals surface area contributed by atoms with Crippen LogP contribution in [-0.2, 0) is 7.05 Å². The van der Waals surface area contributed by atoms with Crippen LogP contribution in [0.2, 0.25) is 0 Å². The highest BCUT2D eigenvalue weighted by molar-refractivity contribution is 6.82. The number of aromatic nitrogens is 3. The first-order valence-corrected chi connectivity index (χ1v) is 13.8. The Bertz CT molecular complexity index is 1790. The summed E-state index contributed by atoms with van der Waals surface area (Å²) < 4.78 is 10.9. The average molecular weight is 515 g/mol. The molecule has 5 nitrogen and oxygen atoms in total. The van der Waals surface area contributed by atoms with Gasteiger partial charge in [0.1, 0.15) is 23.5 Å². The summed E-state index contributed by atoms with van der Waals surface area (Å²) in [5, 5.41) is 2.15. The summed E-state index contributed by atoms with van der Waals surface area (Å²) in [6.45, 7) is 11.2. The second-order valence-corrected chi connectivity index (χ2v) is 11.4. The predicted octanol–water partition coefficient (Wildman–Crippen LogP) is 4.57. The van der Waals surface area contributed by atoms with Gasteiger partial charge in [-0.1, -0.05) is 58.0 Å². The smallest absolute Gasteiger partial charge is 0.424 e. The number of imidazole rings is 1. The molecule has 0 amide bonds. The summed E-state index contributed by atoms with van der Waals surface area (Å²) in [5.74, 6) is 2.95. The molecule has 0 atom stereocenters. The number of nitrogens with zero attached hydrogens (tertiary/aromatic N) is 4. The monoisotopic (exact) mass is 515 g/mol. The molecule has 0 N–H and O–H groups in total. The minimum absolute atomic E-state index is 0.00650. The van der Waals surface area contributed by atoms with E-state index in [2.05, 4.69) is 134 Å². The van der Waals surface area contributed by atoms with E-state index >= 15 is 0 Å². The second-order valence-electron chi connectivity index (χ2n) is 11.4. The van der Waals surface area contributed by atoms with Gasteiger partial charge in [-0.2, -0.15) is 0 Å². The van der Waals surface area contributed by atoms with Crippen molar-refractivity contribution in [1.82, 2.24) is 14.4 Å². The molecule has 1 aliphatic heterocycles. The zero-order chi connectivity index (χ0) is 27.4. The zero-order valence-electron chi connectivity index (χ0n) is 23.9. The highest BCUT2D eigenvalue weighted by Crippen LogP contribution is 2.35. The minimum Gasteiger partial charge on any atom is -0.439 e. The van der Waals surface area contributed by atoms with Crippen LogP contribution in [0.25, 0.3) is 40.1 Å². The lowest BCUT2D eigenvalue weighted by Crippen LogP contribution is -2.62. The predicted molar refractivity (Wildman–Crippen MR) is 161 cm³/mol. The van der Waals surface area contributed by atoms with Crippen molar-refractivity contribution in [1.29, 1.82) is 0 Å². The van der Waals surface area contributed by atoms with E-state index in [1.165, 1.54) is 33.7 Å². The molecule has 0 unspecified atom stereocenters. The normalized spacial score (nSPS) is 13.3. The van der Waals surface area contributed by atoms with Gasteiger partial charge in [0.2, 0.25) is 11.4 Å². The Morgan fingerprint density at radius 2 is 1.62 bits per heavy atom. The van der Waals surface area contributed by atoms with Gasteiger partial charge in [0.05, 0.1) is 7.05 Å². The van der Waals surface area contributed by atoms with Crippen LogP contribution in [0.15, 0.2) is 71.4 Å². The lowest BCUT2D eigenvalue weighted by molar-refractivity contribution is -0.653.